The van der Waals surface area contributed by atoms with E-state index in [4.69, 9.17) is 5.11 Å². The van der Waals surface area contributed by atoms with Crippen LogP contribution in [0.2, 0.25) is 0 Å². The highest BCUT2D eigenvalue weighted by atomic mass is 32.2. The highest BCUT2D eigenvalue weighted by Crippen LogP contribution is 2.19. The van der Waals surface area contributed by atoms with E-state index in [-0.39, 0.29) is 19.1 Å². The first-order chi connectivity index (χ1) is 9.86. The fourth-order valence-corrected chi connectivity index (χ4v) is 4.08. The minimum Gasteiger partial charge on any atom is -0.481 e. The molecule has 1 atom stereocenters. The molecule has 1 aliphatic heterocycles. The van der Waals surface area contributed by atoms with Crippen molar-refractivity contribution in [1.82, 2.24) is 9.03 Å². The number of hydrogen-bond donors (Lipinski definition) is 2. The monoisotopic (exact) mass is 320 g/mol. The summed E-state index contributed by atoms with van der Waals surface area (Å²) in [4.78, 5) is 10.9. The number of carbonyl (C=O) groups is 1. The SMILES string of the molecule is CCCCCCC(C)NS(=O)(=O)N1CCC(C(=O)O)CC1. The van der Waals surface area contributed by atoms with E-state index in [1.54, 1.807) is 0 Å². The molecule has 1 unspecified atom stereocenters. The van der Waals surface area contributed by atoms with Gasteiger partial charge in [0.05, 0.1) is 5.92 Å². The van der Waals surface area contributed by atoms with Gasteiger partial charge in [-0.05, 0) is 26.2 Å². The van der Waals surface area contributed by atoms with Gasteiger partial charge >= 0.3 is 5.97 Å². The molecule has 0 spiro atoms. The van der Waals surface area contributed by atoms with Gasteiger partial charge in [-0.25, -0.2) is 0 Å². The van der Waals surface area contributed by atoms with Crippen LogP contribution in [0.5, 0.6) is 0 Å². The Balaban J connectivity index is 2.38. The molecule has 2 N–H and O–H groups in total. The van der Waals surface area contributed by atoms with Crippen LogP contribution in [-0.2, 0) is 15.0 Å². The summed E-state index contributed by atoms with van der Waals surface area (Å²) < 4.78 is 28.5. The Hall–Kier alpha value is -0.660. The van der Waals surface area contributed by atoms with E-state index in [0.29, 0.717) is 12.8 Å². The highest BCUT2D eigenvalue weighted by Gasteiger charge is 2.31. The lowest BCUT2D eigenvalue weighted by Gasteiger charge is -2.30. The van der Waals surface area contributed by atoms with Gasteiger partial charge < -0.3 is 5.11 Å². The molecular formula is C14H28N2O4S. The van der Waals surface area contributed by atoms with Crippen molar-refractivity contribution in [2.45, 2.75) is 64.8 Å². The molecule has 0 aliphatic carbocycles. The molecule has 0 amide bonds. The van der Waals surface area contributed by atoms with Gasteiger partial charge in [0, 0.05) is 19.1 Å². The molecule has 1 fully saturated rings. The lowest BCUT2D eigenvalue weighted by atomic mass is 9.99. The standard InChI is InChI=1S/C14H28N2O4S/c1-3-4-5-6-7-12(2)15-21(19,20)16-10-8-13(9-11-16)14(17)18/h12-13,15H,3-11H2,1-2H3,(H,17,18). The van der Waals surface area contributed by atoms with Crippen molar-refractivity contribution in [3.8, 4) is 0 Å². The van der Waals surface area contributed by atoms with E-state index in [2.05, 4.69) is 11.6 Å². The Morgan fingerprint density at radius 1 is 1.29 bits per heavy atom. The van der Waals surface area contributed by atoms with E-state index in [1.807, 2.05) is 6.92 Å². The summed E-state index contributed by atoms with van der Waals surface area (Å²) in [5, 5.41) is 8.93. The molecule has 0 bridgehead atoms. The van der Waals surface area contributed by atoms with Crippen molar-refractivity contribution in [2.24, 2.45) is 5.92 Å². The first-order valence-electron chi connectivity index (χ1n) is 7.87. The number of hydrogen-bond acceptors (Lipinski definition) is 3. The average Bonchev–Trinajstić information content (AvgIpc) is 2.43. The van der Waals surface area contributed by atoms with Gasteiger partial charge in [0.25, 0.3) is 10.2 Å². The summed E-state index contributed by atoms with van der Waals surface area (Å²) in [5.74, 6) is -1.24. The highest BCUT2D eigenvalue weighted by molar-refractivity contribution is 7.87. The molecule has 0 aromatic carbocycles. The first kappa shape index (κ1) is 18.4. The van der Waals surface area contributed by atoms with Crippen molar-refractivity contribution >= 4 is 16.2 Å². The zero-order valence-electron chi connectivity index (χ0n) is 13.0. The zero-order chi connectivity index (χ0) is 15.9. The molecule has 1 aliphatic rings. The number of unbranched alkanes of at least 4 members (excludes halogenated alkanes) is 3. The molecular weight excluding hydrogens is 292 g/mol. The quantitative estimate of drug-likeness (QED) is 0.636. The Kier molecular flexibility index (Phi) is 7.62. The summed E-state index contributed by atoms with van der Waals surface area (Å²) in [6.45, 7) is 4.60. The van der Waals surface area contributed by atoms with Gasteiger partial charge in [-0.15, -0.1) is 0 Å². The van der Waals surface area contributed by atoms with Gasteiger partial charge in [-0.2, -0.15) is 17.4 Å². The molecule has 7 heteroatoms. The van der Waals surface area contributed by atoms with Crippen LogP contribution in [0.4, 0.5) is 0 Å². The van der Waals surface area contributed by atoms with Crippen LogP contribution in [-0.4, -0.2) is 42.9 Å². The lowest BCUT2D eigenvalue weighted by Crippen LogP contribution is -2.48. The summed E-state index contributed by atoms with van der Waals surface area (Å²) in [7, 11) is -3.48. The predicted octanol–water partition coefficient (Wildman–Crippen LogP) is 1.98. The van der Waals surface area contributed by atoms with Crippen molar-refractivity contribution in [1.29, 1.82) is 0 Å². The first-order valence-corrected chi connectivity index (χ1v) is 9.31. The van der Waals surface area contributed by atoms with Gasteiger partial charge in [0.15, 0.2) is 0 Å². The number of nitrogens with zero attached hydrogens (tertiary/aromatic N) is 1. The van der Waals surface area contributed by atoms with Gasteiger partial charge in [-0.3, -0.25) is 4.79 Å². The van der Waals surface area contributed by atoms with Crippen LogP contribution in [0, 0.1) is 5.92 Å². The van der Waals surface area contributed by atoms with E-state index in [9.17, 15) is 13.2 Å². The number of nitrogens with one attached hydrogen (secondary N) is 1. The van der Waals surface area contributed by atoms with Crippen molar-refractivity contribution in [3.05, 3.63) is 0 Å². The normalized spacial score (nSPS) is 19.5. The second-order valence-electron chi connectivity index (χ2n) is 5.88. The summed E-state index contributed by atoms with van der Waals surface area (Å²) in [6.07, 6.45) is 6.12. The average molecular weight is 320 g/mol. The Morgan fingerprint density at radius 2 is 1.90 bits per heavy atom. The van der Waals surface area contributed by atoms with Gasteiger partial charge in [-0.1, -0.05) is 32.6 Å². The molecule has 124 valence electrons. The predicted molar refractivity (Wildman–Crippen MR) is 82.2 cm³/mol. The molecule has 21 heavy (non-hydrogen) atoms. The van der Waals surface area contributed by atoms with Crippen molar-refractivity contribution in [2.75, 3.05) is 13.1 Å². The zero-order valence-corrected chi connectivity index (χ0v) is 13.9. The van der Waals surface area contributed by atoms with E-state index < -0.39 is 22.1 Å². The van der Waals surface area contributed by atoms with Crippen LogP contribution in [0.25, 0.3) is 0 Å². The maximum absolute atomic E-state index is 12.2. The van der Waals surface area contributed by atoms with E-state index in [0.717, 1.165) is 19.3 Å². The molecule has 1 heterocycles. The minimum absolute atomic E-state index is 0.0796. The third-order valence-electron chi connectivity index (χ3n) is 3.98. The maximum atomic E-state index is 12.2. The molecule has 0 saturated carbocycles. The fourth-order valence-electron chi connectivity index (χ4n) is 2.61. The molecule has 0 aromatic heterocycles. The number of carboxylic acid groups (broad SMARTS) is 1. The Labute approximate surface area is 128 Å². The van der Waals surface area contributed by atoms with E-state index in [1.165, 1.54) is 17.1 Å². The van der Waals surface area contributed by atoms with Crippen LogP contribution in [0.1, 0.15) is 58.8 Å². The summed E-state index contributed by atoms with van der Waals surface area (Å²) in [6, 6.07) is -0.0796. The largest absolute Gasteiger partial charge is 0.481 e. The topological polar surface area (TPSA) is 86.7 Å². The molecule has 0 aromatic rings. The summed E-state index contributed by atoms with van der Waals surface area (Å²) >= 11 is 0. The summed E-state index contributed by atoms with van der Waals surface area (Å²) in [5.41, 5.74) is 0. The van der Waals surface area contributed by atoms with Crippen LogP contribution in [0.15, 0.2) is 0 Å². The van der Waals surface area contributed by atoms with Gasteiger partial charge in [0.1, 0.15) is 0 Å². The molecule has 1 saturated heterocycles. The maximum Gasteiger partial charge on any atom is 0.306 e. The minimum atomic E-state index is -3.48. The fraction of sp³-hybridized carbons (Fsp3) is 0.929. The van der Waals surface area contributed by atoms with Crippen LogP contribution in [0.3, 0.4) is 0 Å². The van der Waals surface area contributed by atoms with Crippen LogP contribution < -0.4 is 4.72 Å². The third-order valence-corrected chi connectivity index (χ3v) is 5.73. The second-order valence-corrected chi connectivity index (χ2v) is 7.59. The Morgan fingerprint density at radius 3 is 2.43 bits per heavy atom. The number of piperidine rings is 1. The Bertz CT molecular complexity index is 417. The van der Waals surface area contributed by atoms with E-state index >= 15 is 0 Å². The number of carboxylic acids is 1. The second kappa shape index (κ2) is 8.70. The molecule has 1 rings (SSSR count). The molecule has 0 radical (unpaired) electrons. The van der Waals surface area contributed by atoms with Crippen molar-refractivity contribution in [3.63, 3.8) is 0 Å². The lowest BCUT2D eigenvalue weighted by molar-refractivity contribution is -0.142. The van der Waals surface area contributed by atoms with Crippen molar-refractivity contribution < 1.29 is 18.3 Å². The number of aliphatic carboxylic acids is 1. The smallest absolute Gasteiger partial charge is 0.306 e. The third kappa shape index (κ3) is 6.32. The van der Waals surface area contributed by atoms with Crippen LogP contribution >= 0.6 is 0 Å². The van der Waals surface area contributed by atoms with Gasteiger partial charge in [0.2, 0.25) is 0 Å². The number of rotatable bonds is 9. The molecule has 6 nitrogen and oxygen atoms in total.